The highest BCUT2D eigenvalue weighted by Gasteiger charge is 2.34. The minimum Gasteiger partial charge on any atom is -0.487 e. The third kappa shape index (κ3) is 4.20. The number of aromatic carboxylic acids is 1. The second-order valence-corrected chi connectivity index (χ2v) is 8.44. The summed E-state index contributed by atoms with van der Waals surface area (Å²) in [5.74, 6) is -1.32. The Morgan fingerprint density at radius 2 is 2.03 bits per heavy atom. The largest absolute Gasteiger partial charge is 0.487 e. The summed E-state index contributed by atoms with van der Waals surface area (Å²) >= 11 is 0. The summed E-state index contributed by atoms with van der Waals surface area (Å²) in [5, 5.41) is 9.40. The fourth-order valence-electron chi connectivity index (χ4n) is 3.99. The number of likely N-dealkylation sites (tertiary alicyclic amines) is 1. The third-order valence-electron chi connectivity index (χ3n) is 5.57. The highest BCUT2D eigenvalue weighted by molar-refractivity contribution is 5.95. The Morgan fingerprint density at radius 1 is 1.26 bits per heavy atom. The molecule has 0 saturated carbocycles. The van der Waals surface area contributed by atoms with Crippen molar-refractivity contribution in [3.8, 4) is 17.2 Å². The van der Waals surface area contributed by atoms with E-state index < -0.39 is 23.3 Å². The summed E-state index contributed by atoms with van der Waals surface area (Å²) in [6, 6.07) is 6.89. The minimum atomic E-state index is -1.12. The lowest BCUT2D eigenvalue weighted by atomic mass is 10.00. The van der Waals surface area contributed by atoms with E-state index in [1.54, 1.807) is 12.0 Å². The molecule has 2 aliphatic heterocycles. The first-order valence-electron chi connectivity index (χ1n) is 10.1. The van der Waals surface area contributed by atoms with E-state index in [1.807, 2.05) is 13.8 Å². The van der Waals surface area contributed by atoms with Crippen LogP contribution in [-0.4, -0.2) is 53.8 Å². The molecular formula is C23H24FNO6. The molecule has 1 amide bonds. The first-order chi connectivity index (χ1) is 14.7. The second kappa shape index (κ2) is 7.85. The van der Waals surface area contributed by atoms with Crippen LogP contribution >= 0.6 is 0 Å². The van der Waals surface area contributed by atoms with Crippen LogP contribution in [0.2, 0.25) is 0 Å². The van der Waals surface area contributed by atoms with E-state index in [-0.39, 0.29) is 23.0 Å². The smallest absolute Gasteiger partial charge is 0.335 e. The number of carboxylic acid groups (broad SMARTS) is 1. The molecule has 0 unspecified atom stereocenters. The van der Waals surface area contributed by atoms with Gasteiger partial charge in [0, 0.05) is 38.2 Å². The number of nitrogens with zero attached hydrogens (tertiary/aromatic N) is 1. The van der Waals surface area contributed by atoms with Crippen LogP contribution in [0.3, 0.4) is 0 Å². The number of benzene rings is 2. The number of rotatable bonds is 5. The number of carbonyl (C=O) groups is 2. The number of hydrogen-bond acceptors (Lipinski definition) is 5. The fourth-order valence-corrected chi connectivity index (χ4v) is 3.99. The van der Waals surface area contributed by atoms with Crippen molar-refractivity contribution in [1.29, 1.82) is 0 Å². The summed E-state index contributed by atoms with van der Waals surface area (Å²) in [7, 11) is 1.59. The number of hydrogen-bond donors (Lipinski definition) is 1. The molecule has 0 aromatic heterocycles. The summed E-state index contributed by atoms with van der Waals surface area (Å²) < 4.78 is 31.7. The number of fused-ring (bicyclic) bond motifs is 1. The fraction of sp³-hybridized carbons (Fsp3) is 0.391. The van der Waals surface area contributed by atoms with Crippen molar-refractivity contribution in [3.05, 3.63) is 52.8 Å². The monoisotopic (exact) mass is 429 g/mol. The van der Waals surface area contributed by atoms with Gasteiger partial charge in [-0.1, -0.05) is 0 Å². The van der Waals surface area contributed by atoms with Gasteiger partial charge in [0.1, 0.15) is 28.7 Å². The maximum Gasteiger partial charge on any atom is 0.335 e. The summed E-state index contributed by atoms with van der Waals surface area (Å²) in [6.45, 7) is 4.73. The maximum atomic E-state index is 14.8. The maximum absolute atomic E-state index is 14.8. The zero-order valence-corrected chi connectivity index (χ0v) is 17.6. The van der Waals surface area contributed by atoms with Crippen LogP contribution in [0.4, 0.5) is 4.39 Å². The Morgan fingerprint density at radius 3 is 2.68 bits per heavy atom. The Balaban J connectivity index is 1.59. The molecule has 8 heteroatoms. The van der Waals surface area contributed by atoms with Crippen LogP contribution in [0.5, 0.6) is 17.2 Å². The van der Waals surface area contributed by atoms with Crippen molar-refractivity contribution in [2.75, 3.05) is 20.2 Å². The summed E-state index contributed by atoms with van der Waals surface area (Å²) in [5.41, 5.74) is 0.186. The quantitative estimate of drug-likeness (QED) is 0.776. The van der Waals surface area contributed by atoms with Crippen LogP contribution in [0, 0.1) is 5.82 Å². The molecule has 31 heavy (non-hydrogen) atoms. The van der Waals surface area contributed by atoms with E-state index in [0.717, 1.165) is 11.6 Å². The zero-order valence-electron chi connectivity index (χ0n) is 17.6. The number of ether oxygens (including phenoxy) is 3. The van der Waals surface area contributed by atoms with Gasteiger partial charge in [-0.25, -0.2) is 9.18 Å². The molecular weight excluding hydrogens is 405 g/mol. The van der Waals surface area contributed by atoms with Crippen molar-refractivity contribution in [2.24, 2.45) is 0 Å². The van der Waals surface area contributed by atoms with Crippen LogP contribution in [0.25, 0.3) is 0 Å². The first kappa shape index (κ1) is 21.1. The predicted molar refractivity (Wildman–Crippen MR) is 110 cm³/mol. The molecule has 0 bridgehead atoms. The first-order valence-corrected chi connectivity index (χ1v) is 10.1. The summed E-state index contributed by atoms with van der Waals surface area (Å²) in [4.78, 5) is 25.7. The predicted octanol–water partition coefficient (Wildman–Crippen LogP) is 3.89. The van der Waals surface area contributed by atoms with Gasteiger partial charge in [-0.15, -0.1) is 0 Å². The standard InChI is InChI=1S/C23H24FNO6/c1-23(2)11-17-19(8-13(22(27)28)9-20(17)31-23)30-14-4-5-16(18(24)10-14)21(26)25-7-6-15(12-25)29-3/h4-5,8-10,15H,6-7,11-12H2,1-3H3,(H,27,28)/t15-/m1/s1. The van der Waals surface area contributed by atoms with Crippen LogP contribution in [0.1, 0.15) is 46.5 Å². The third-order valence-corrected chi connectivity index (χ3v) is 5.57. The van der Waals surface area contributed by atoms with Gasteiger partial charge >= 0.3 is 5.97 Å². The lowest BCUT2D eigenvalue weighted by Crippen LogP contribution is -2.30. The lowest BCUT2D eigenvalue weighted by molar-refractivity contribution is 0.0693. The number of carbonyl (C=O) groups excluding carboxylic acids is 1. The number of amides is 1. The second-order valence-electron chi connectivity index (χ2n) is 8.44. The van der Waals surface area contributed by atoms with Gasteiger partial charge in [-0.2, -0.15) is 0 Å². The van der Waals surface area contributed by atoms with E-state index in [0.29, 0.717) is 37.4 Å². The Hall–Kier alpha value is -3.13. The van der Waals surface area contributed by atoms with Crippen molar-refractivity contribution >= 4 is 11.9 Å². The molecule has 4 rings (SSSR count). The molecule has 0 radical (unpaired) electrons. The molecule has 1 N–H and O–H groups in total. The van der Waals surface area contributed by atoms with E-state index in [4.69, 9.17) is 14.2 Å². The zero-order chi connectivity index (χ0) is 22.3. The normalized spacial score (nSPS) is 19.1. The van der Waals surface area contributed by atoms with Gasteiger partial charge in [-0.3, -0.25) is 4.79 Å². The van der Waals surface area contributed by atoms with Gasteiger partial charge in [0.05, 0.1) is 17.2 Å². The van der Waals surface area contributed by atoms with Crippen LogP contribution < -0.4 is 9.47 Å². The molecule has 7 nitrogen and oxygen atoms in total. The molecule has 1 fully saturated rings. The molecule has 1 atom stereocenters. The average Bonchev–Trinajstić information content (AvgIpc) is 3.30. The van der Waals surface area contributed by atoms with Gasteiger partial charge < -0.3 is 24.2 Å². The number of carboxylic acids is 1. The van der Waals surface area contributed by atoms with Crippen molar-refractivity contribution in [3.63, 3.8) is 0 Å². The topological polar surface area (TPSA) is 85.3 Å². The molecule has 0 aliphatic carbocycles. The summed E-state index contributed by atoms with van der Waals surface area (Å²) in [6.07, 6.45) is 1.20. The molecule has 0 spiro atoms. The SMILES string of the molecule is CO[C@@H]1CCN(C(=O)c2ccc(Oc3cc(C(=O)O)cc4c3CC(C)(C)O4)cc2F)C1. The van der Waals surface area contributed by atoms with Crippen molar-refractivity contribution in [2.45, 2.75) is 38.4 Å². The van der Waals surface area contributed by atoms with Crippen LogP contribution in [-0.2, 0) is 11.2 Å². The minimum absolute atomic E-state index is 0.0143. The molecule has 2 heterocycles. The van der Waals surface area contributed by atoms with Crippen LogP contribution in [0.15, 0.2) is 30.3 Å². The van der Waals surface area contributed by atoms with E-state index in [9.17, 15) is 19.1 Å². The number of methoxy groups -OCH3 is 1. The van der Waals surface area contributed by atoms with Crippen molar-refractivity contribution < 1.29 is 33.3 Å². The number of halogens is 1. The molecule has 2 aliphatic rings. The highest BCUT2D eigenvalue weighted by atomic mass is 19.1. The Kier molecular flexibility index (Phi) is 5.35. The van der Waals surface area contributed by atoms with E-state index in [2.05, 4.69) is 0 Å². The van der Waals surface area contributed by atoms with E-state index >= 15 is 0 Å². The van der Waals surface area contributed by atoms with Crippen molar-refractivity contribution in [1.82, 2.24) is 4.90 Å². The van der Waals surface area contributed by atoms with E-state index in [1.165, 1.54) is 24.3 Å². The Bertz CT molecular complexity index is 1050. The molecule has 2 aromatic carbocycles. The van der Waals surface area contributed by atoms with Gasteiger partial charge in [0.15, 0.2) is 0 Å². The average molecular weight is 429 g/mol. The van der Waals surface area contributed by atoms with Gasteiger partial charge in [-0.05, 0) is 44.5 Å². The van der Waals surface area contributed by atoms with Gasteiger partial charge in [0.25, 0.3) is 5.91 Å². The molecule has 1 saturated heterocycles. The van der Waals surface area contributed by atoms with Gasteiger partial charge in [0.2, 0.25) is 0 Å². The lowest BCUT2D eigenvalue weighted by Gasteiger charge is -2.17. The molecule has 2 aromatic rings. The highest BCUT2D eigenvalue weighted by Crippen LogP contribution is 2.43. The molecule has 164 valence electrons. The Labute approximate surface area is 179 Å².